The van der Waals surface area contributed by atoms with Gasteiger partial charge in [0.25, 0.3) is 0 Å². The van der Waals surface area contributed by atoms with Crippen LogP contribution in [-0.2, 0) is 11.8 Å². The van der Waals surface area contributed by atoms with Gasteiger partial charge >= 0.3 is 0 Å². The molecule has 1 saturated heterocycles. The van der Waals surface area contributed by atoms with Gasteiger partial charge in [0, 0.05) is 28.9 Å². The molecule has 2 aromatic carbocycles. The number of pyridine rings is 1. The van der Waals surface area contributed by atoms with Crippen LogP contribution >= 0.6 is 0 Å². The fraction of sp³-hybridized carbons (Fsp3) is 0.273. The quantitative estimate of drug-likeness (QED) is 0.572. The molecule has 1 amide bonds. The Morgan fingerprint density at radius 1 is 1.22 bits per heavy atom. The second-order valence-electron chi connectivity index (χ2n) is 7.38. The first-order valence-corrected chi connectivity index (χ1v) is 9.45. The summed E-state index contributed by atoms with van der Waals surface area (Å²) in [5.41, 5.74) is 5.14. The molecule has 1 aliphatic heterocycles. The van der Waals surface area contributed by atoms with E-state index in [0.717, 1.165) is 41.6 Å². The number of benzene rings is 2. The van der Waals surface area contributed by atoms with Crippen LogP contribution in [-0.4, -0.2) is 28.0 Å². The Hall–Kier alpha value is -2.92. The Kier molecular flexibility index (Phi) is 3.65. The minimum absolute atomic E-state index is 0.0451. The van der Waals surface area contributed by atoms with Gasteiger partial charge in [0.2, 0.25) is 5.91 Å². The summed E-state index contributed by atoms with van der Waals surface area (Å²) in [5.74, 6) is 0.0451. The largest absolute Gasteiger partial charge is 0.328 e. The summed E-state index contributed by atoms with van der Waals surface area (Å²) >= 11 is 0. The molecule has 5 heteroatoms. The van der Waals surface area contributed by atoms with Gasteiger partial charge in [-0.15, -0.1) is 0 Å². The number of rotatable bonds is 2. The van der Waals surface area contributed by atoms with E-state index in [1.54, 1.807) is 0 Å². The van der Waals surface area contributed by atoms with E-state index < -0.39 is 0 Å². The highest BCUT2D eigenvalue weighted by Crippen LogP contribution is 2.34. The van der Waals surface area contributed by atoms with Crippen molar-refractivity contribution in [1.29, 1.82) is 0 Å². The van der Waals surface area contributed by atoms with Crippen molar-refractivity contribution in [2.24, 2.45) is 7.05 Å². The van der Waals surface area contributed by atoms with E-state index in [1.807, 2.05) is 18.2 Å². The summed E-state index contributed by atoms with van der Waals surface area (Å²) in [6, 6.07) is 14.3. The number of aryl methyl sites for hydroxylation is 2. The molecule has 4 aromatic rings. The van der Waals surface area contributed by atoms with E-state index in [4.69, 9.17) is 4.98 Å². The number of carbonyl (C=O) groups is 1. The third-order valence-corrected chi connectivity index (χ3v) is 5.72. The highest BCUT2D eigenvalue weighted by atomic mass is 16.2. The van der Waals surface area contributed by atoms with Crippen molar-refractivity contribution < 1.29 is 4.79 Å². The standard InChI is InChI=1S/C22H22N4O/c1-13-16-12-14(24-22(27)18-7-5-11-23-18)9-10-17(16)25-21-20(13)15-6-3-4-8-19(15)26(21)2/h3-4,6,8-10,12,18,23H,5,7,11H2,1-2H3,(H,24,27)/t18-/m0/s1. The summed E-state index contributed by atoms with van der Waals surface area (Å²) in [7, 11) is 2.06. The lowest BCUT2D eigenvalue weighted by molar-refractivity contribution is -0.117. The molecular formula is C22H22N4O. The molecule has 27 heavy (non-hydrogen) atoms. The van der Waals surface area contributed by atoms with Crippen LogP contribution in [0.25, 0.3) is 32.8 Å². The molecule has 0 saturated carbocycles. The van der Waals surface area contributed by atoms with Crippen LogP contribution in [0.5, 0.6) is 0 Å². The Bertz CT molecular complexity index is 1200. The smallest absolute Gasteiger partial charge is 0.241 e. The van der Waals surface area contributed by atoms with Gasteiger partial charge in [0.1, 0.15) is 5.65 Å². The third-order valence-electron chi connectivity index (χ3n) is 5.72. The van der Waals surface area contributed by atoms with Gasteiger partial charge < -0.3 is 15.2 Å². The fourth-order valence-corrected chi connectivity index (χ4v) is 4.28. The van der Waals surface area contributed by atoms with Crippen LogP contribution in [0.4, 0.5) is 5.69 Å². The lowest BCUT2D eigenvalue weighted by Crippen LogP contribution is -2.35. The van der Waals surface area contributed by atoms with Crippen LogP contribution in [0, 0.1) is 6.92 Å². The number of hydrogen-bond acceptors (Lipinski definition) is 3. The lowest BCUT2D eigenvalue weighted by Gasteiger charge is -2.12. The van der Waals surface area contributed by atoms with Crippen molar-refractivity contribution in [3.63, 3.8) is 0 Å². The van der Waals surface area contributed by atoms with E-state index >= 15 is 0 Å². The summed E-state index contributed by atoms with van der Waals surface area (Å²) in [5, 5.41) is 9.78. The van der Waals surface area contributed by atoms with Crippen molar-refractivity contribution in [3.8, 4) is 0 Å². The molecule has 5 rings (SSSR count). The number of anilines is 1. The SMILES string of the molecule is Cc1c2cc(NC(=O)[C@@H]3CCCN3)ccc2nc2c1c1ccccc1n2C. The number of fused-ring (bicyclic) bond motifs is 4. The second kappa shape index (κ2) is 6.06. The normalized spacial score (nSPS) is 17.2. The molecule has 0 unspecified atom stereocenters. The molecule has 0 aliphatic carbocycles. The molecule has 0 radical (unpaired) electrons. The minimum Gasteiger partial charge on any atom is -0.328 e. The molecule has 2 aromatic heterocycles. The molecule has 1 aliphatic rings. The molecule has 2 N–H and O–H groups in total. The molecule has 0 bridgehead atoms. The summed E-state index contributed by atoms with van der Waals surface area (Å²) in [4.78, 5) is 17.3. The second-order valence-corrected chi connectivity index (χ2v) is 7.38. The van der Waals surface area contributed by atoms with Crippen molar-refractivity contribution in [2.75, 3.05) is 11.9 Å². The van der Waals surface area contributed by atoms with Crippen LogP contribution in [0.3, 0.4) is 0 Å². The average molecular weight is 358 g/mol. The van der Waals surface area contributed by atoms with Crippen LogP contribution in [0.15, 0.2) is 42.5 Å². The van der Waals surface area contributed by atoms with Gasteiger partial charge in [0.05, 0.1) is 17.1 Å². The number of hydrogen-bond donors (Lipinski definition) is 2. The maximum atomic E-state index is 12.4. The Morgan fingerprint density at radius 3 is 2.89 bits per heavy atom. The van der Waals surface area contributed by atoms with E-state index in [9.17, 15) is 4.79 Å². The molecular weight excluding hydrogens is 336 g/mol. The Balaban J connectivity index is 1.66. The zero-order chi connectivity index (χ0) is 18.5. The zero-order valence-electron chi connectivity index (χ0n) is 15.5. The van der Waals surface area contributed by atoms with Crippen molar-refractivity contribution in [3.05, 3.63) is 48.0 Å². The third kappa shape index (κ3) is 2.50. The number of aromatic nitrogens is 2. The predicted molar refractivity (Wildman–Crippen MR) is 110 cm³/mol. The summed E-state index contributed by atoms with van der Waals surface area (Å²) < 4.78 is 2.15. The maximum absolute atomic E-state index is 12.4. The number of para-hydroxylation sites is 1. The van der Waals surface area contributed by atoms with Crippen LogP contribution in [0.2, 0.25) is 0 Å². The first-order valence-electron chi connectivity index (χ1n) is 9.45. The fourth-order valence-electron chi connectivity index (χ4n) is 4.28. The van der Waals surface area contributed by atoms with E-state index in [2.05, 4.69) is 53.4 Å². The summed E-state index contributed by atoms with van der Waals surface area (Å²) in [6.45, 7) is 3.06. The molecule has 1 atom stereocenters. The average Bonchev–Trinajstić information content (AvgIpc) is 3.31. The predicted octanol–water partition coefficient (Wildman–Crippen LogP) is 3.88. The maximum Gasteiger partial charge on any atom is 0.241 e. The number of carbonyl (C=O) groups excluding carboxylic acids is 1. The van der Waals surface area contributed by atoms with Crippen LogP contribution in [0.1, 0.15) is 18.4 Å². The first-order chi connectivity index (χ1) is 13.1. The van der Waals surface area contributed by atoms with E-state index in [0.29, 0.717) is 0 Å². The number of nitrogens with zero attached hydrogens (tertiary/aromatic N) is 2. The van der Waals surface area contributed by atoms with Gasteiger partial charge in [-0.3, -0.25) is 4.79 Å². The van der Waals surface area contributed by atoms with Crippen molar-refractivity contribution in [2.45, 2.75) is 25.8 Å². The van der Waals surface area contributed by atoms with Gasteiger partial charge in [-0.05, 0) is 56.1 Å². The highest BCUT2D eigenvalue weighted by molar-refractivity contribution is 6.13. The minimum atomic E-state index is -0.0829. The van der Waals surface area contributed by atoms with E-state index in [-0.39, 0.29) is 11.9 Å². The lowest BCUT2D eigenvalue weighted by atomic mass is 10.0. The molecule has 3 heterocycles. The van der Waals surface area contributed by atoms with Gasteiger partial charge in [-0.2, -0.15) is 0 Å². The zero-order valence-corrected chi connectivity index (χ0v) is 15.5. The molecule has 136 valence electrons. The van der Waals surface area contributed by atoms with Gasteiger partial charge in [-0.25, -0.2) is 4.98 Å². The molecule has 5 nitrogen and oxygen atoms in total. The van der Waals surface area contributed by atoms with Gasteiger partial charge in [-0.1, -0.05) is 18.2 Å². The number of nitrogens with one attached hydrogen (secondary N) is 2. The number of amides is 1. The molecule has 0 spiro atoms. The molecule has 1 fully saturated rings. The van der Waals surface area contributed by atoms with Crippen LogP contribution < -0.4 is 10.6 Å². The van der Waals surface area contributed by atoms with Crippen molar-refractivity contribution in [1.82, 2.24) is 14.9 Å². The highest BCUT2D eigenvalue weighted by Gasteiger charge is 2.22. The first kappa shape index (κ1) is 16.3. The van der Waals surface area contributed by atoms with Gasteiger partial charge in [0.15, 0.2) is 0 Å². The summed E-state index contributed by atoms with van der Waals surface area (Å²) in [6.07, 6.45) is 1.95. The Morgan fingerprint density at radius 2 is 2.07 bits per heavy atom. The van der Waals surface area contributed by atoms with Crippen molar-refractivity contribution >= 4 is 44.4 Å². The topological polar surface area (TPSA) is 59.0 Å². The Labute approximate surface area is 157 Å². The monoisotopic (exact) mass is 358 g/mol. The van der Waals surface area contributed by atoms with E-state index in [1.165, 1.54) is 21.9 Å².